The first-order valence-electron chi connectivity index (χ1n) is 6.95. The minimum atomic E-state index is -4.51. The van der Waals surface area contributed by atoms with Crippen LogP contribution < -0.4 is 0 Å². The van der Waals surface area contributed by atoms with E-state index in [1.807, 2.05) is 0 Å². The third-order valence-electron chi connectivity index (χ3n) is 3.39. The average molecular weight is 326 g/mol. The Morgan fingerprint density at radius 3 is 2.83 bits per heavy atom. The second kappa shape index (κ2) is 6.04. The van der Waals surface area contributed by atoms with Gasteiger partial charge in [-0.2, -0.15) is 18.3 Å². The number of benzene rings is 1. The number of nitrogens with zero attached hydrogens (tertiary/aromatic N) is 2. The summed E-state index contributed by atoms with van der Waals surface area (Å²) < 4.78 is 49.2. The Balaban J connectivity index is 1.79. The maximum atomic E-state index is 12.6. The lowest BCUT2D eigenvalue weighted by Crippen LogP contribution is -2.18. The van der Waals surface area contributed by atoms with Crippen molar-refractivity contribution in [1.82, 2.24) is 9.78 Å². The predicted molar refractivity (Wildman–Crippen MR) is 73.2 cm³/mol. The van der Waals surface area contributed by atoms with Crippen molar-refractivity contribution in [2.75, 3.05) is 13.2 Å². The first-order valence-corrected chi connectivity index (χ1v) is 6.95. The van der Waals surface area contributed by atoms with E-state index >= 15 is 0 Å². The quantitative estimate of drug-likeness (QED) is 0.814. The van der Waals surface area contributed by atoms with Crippen LogP contribution in [0.5, 0.6) is 0 Å². The molecule has 1 aliphatic rings. The highest BCUT2D eigenvalue weighted by Gasteiger charge is 2.33. The highest BCUT2D eigenvalue weighted by atomic mass is 19.4. The van der Waals surface area contributed by atoms with E-state index in [0.29, 0.717) is 25.3 Å². The van der Waals surface area contributed by atoms with Gasteiger partial charge in [0, 0.05) is 12.6 Å². The first kappa shape index (κ1) is 15.5. The van der Waals surface area contributed by atoms with Crippen molar-refractivity contribution in [3.8, 4) is 5.69 Å². The Bertz CT molecular complexity index is 706. The molecular weight excluding hydrogens is 313 g/mol. The Hall–Kier alpha value is -2.35. The zero-order chi connectivity index (χ0) is 16.4. The molecule has 0 saturated carbocycles. The Kier molecular flexibility index (Phi) is 4.08. The van der Waals surface area contributed by atoms with Crippen molar-refractivity contribution in [3.05, 3.63) is 47.8 Å². The summed E-state index contributed by atoms with van der Waals surface area (Å²) in [6.45, 7) is 0.908. The van der Waals surface area contributed by atoms with E-state index in [4.69, 9.17) is 9.47 Å². The lowest BCUT2D eigenvalue weighted by atomic mass is 10.2. The second-order valence-electron chi connectivity index (χ2n) is 5.08. The first-order chi connectivity index (χ1) is 10.9. The van der Waals surface area contributed by atoms with Gasteiger partial charge in [-0.1, -0.05) is 6.07 Å². The van der Waals surface area contributed by atoms with E-state index in [9.17, 15) is 18.0 Å². The standard InChI is InChI=1S/C15H13F3N2O3/c16-15(17,18)13-4-6-20(19-13)11-3-1-2-10(8-11)14(21)23-12-5-7-22-9-12/h1-4,6,8,12H,5,7,9H2/t12-/m1/s1. The monoisotopic (exact) mass is 326 g/mol. The number of carbonyl (C=O) groups excluding carboxylic acids is 1. The number of alkyl halides is 3. The molecule has 0 unspecified atom stereocenters. The van der Waals surface area contributed by atoms with E-state index in [1.165, 1.54) is 18.3 Å². The molecule has 122 valence electrons. The third kappa shape index (κ3) is 3.53. The van der Waals surface area contributed by atoms with Gasteiger partial charge < -0.3 is 9.47 Å². The van der Waals surface area contributed by atoms with Gasteiger partial charge in [0.15, 0.2) is 5.69 Å². The van der Waals surface area contributed by atoms with Crippen LogP contribution in [0.25, 0.3) is 5.69 Å². The minimum Gasteiger partial charge on any atom is -0.456 e. The molecule has 23 heavy (non-hydrogen) atoms. The van der Waals surface area contributed by atoms with Gasteiger partial charge in [-0.05, 0) is 24.3 Å². The summed E-state index contributed by atoms with van der Waals surface area (Å²) in [6, 6.07) is 6.97. The number of aromatic nitrogens is 2. The summed E-state index contributed by atoms with van der Waals surface area (Å²) >= 11 is 0. The van der Waals surface area contributed by atoms with E-state index in [1.54, 1.807) is 12.1 Å². The van der Waals surface area contributed by atoms with Crippen LogP contribution in [-0.4, -0.2) is 35.1 Å². The topological polar surface area (TPSA) is 53.4 Å². The largest absolute Gasteiger partial charge is 0.456 e. The van der Waals surface area contributed by atoms with Crippen molar-refractivity contribution in [2.45, 2.75) is 18.7 Å². The van der Waals surface area contributed by atoms with Crippen LogP contribution >= 0.6 is 0 Å². The molecule has 8 heteroatoms. The van der Waals surface area contributed by atoms with Crippen molar-refractivity contribution in [3.63, 3.8) is 0 Å². The summed E-state index contributed by atoms with van der Waals surface area (Å²) in [4.78, 5) is 12.1. The third-order valence-corrected chi connectivity index (χ3v) is 3.39. The lowest BCUT2D eigenvalue weighted by Gasteiger charge is -2.11. The fourth-order valence-corrected chi connectivity index (χ4v) is 2.22. The Labute approximate surface area is 129 Å². The summed E-state index contributed by atoms with van der Waals surface area (Å²) in [5.74, 6) is -0.537. The fourth-order valence-electron chi connectivity index (χ4n) is 2.22. The van der Waals surface area contributed by atoms with Crippen LogP contribution in [0, 0.1) is 0 Å². The number of esters is 1. The summed E-state index contributed by atoms with van der Waals surface area (Å²) in [5, 5.41) is 3.48. The molecule has 3 rings (SSSR count). The maximum Gasteiger partial charge on any atom is 0.435 e. The molecule has 1 aromatic heterocycles. The normalized spacial score (nSPS) is 18.1. The highest BCUT2D eigenvalue weighted by molar-refractivity contribution is 5.90. The minimum absolute atomic E-state index is 0.249. The van der Waals surface area contributed by atoms with E-state index in [0.717, 1.165) is 10.7 Å². The molecule has 0 radical (unpaired) electrons. The van der Waals surface area contributed by atoms with Crippen LogP contribution in [0.1, 0.15) is 22.5 Å². The molecule has 2 aromatic rings. The van der Waals surface area contributed by atoms with Crippen molar-refractivity contribution >= 4 is 5.97 Å². The van der Waals surface area contributed by atoms with Crippen molar-refractivity contribution in [2.24, 2.45) is 0 Å². The predicted octanol–water partition coefficient (Wildman–Crippen LogP) is 2.84. The molecule has 0 amide bonds. The number of carbonyl (C=O) groups is 1. The second-order valence-corrected chi connectivity index (χ2v) is 5.08. The summed E-state index contributed by atoms with van der Waals surface area (Å²) in [6.07, 6.45) is -2.96. The number of hydrogen-bond acceptors (Lipinski definition) is 4. The molecule has 5 nitrogen and oxygen atoms in total. The molecule has 1 aromatic carbocycles. The number of hydrogen-bond donors (Lipinski definition) is 0. The Morgan fingerprint density at radius 2 is 2.17 bits per heavy atom. The molecule has 0 N–H and O–H groups in total. The molecule has 0 spiro atoms. The Morgan fingerprint density at radius 1 is 1.35 bits per heavy atom. The maximum absolute atomic E-state index is 12.6. The zero-order valence-electron chi connectivity index (χ0n) is 11.9. The van der Waals surface area contributed by atoms with Crippen LogP contribution in [-0.2, 0) is 15.7 Å². The van der Waals surface area contributed by atoms with Crippen molar-refractivity contribution < 1.29 is 27.4 Å². The smallest absolute Gasteiger partial charge is 0.435 e. The van der Waals surface area contributed by atoms with Gasteiger partial charge >= 0.3 is 12.1 Å². The van der Waals surface area contributed by atoms with Gasteiger partial charge in [-0.25, -0.2) is 9.48 Å². The molecular formula is C15H13F3N2O3. The molecule has 1 saturated heterocycles. The van der Waals surface area contributed by atoms with Gasteiger partial charge in [0.05, 0.1) is 24.5 Å². The van der Waals surface area contributed by atoms with Crippen LogP contribution in [0.4, 0.5) is 13.2 Å². The van der Waals surface area contributed by atoms with Gasteiger partial charge in [-0.3, -0.25) is 0 Å². The van der Waals surface area contributed by atoms with E-state index in [-0.39, 0.29) is 11.7 Å². The molecule has 1 atom stereocenters. The number of ether oxygens (including phenoxy) is 2. The summed E-state index contributed by atoms with van der Waals surface area (Å²) in [7, 11) is 0. The van der Waals surface area contributed by atoms with Crippen molar-refractivity contribution in [1.29, 1.82) is 0 Å². The lowest BCUT2D eigenvalue weighted by molar-refractivity contribution is -0.141. The van der Waals surface area contributed by atoms with Gasteiger partial charge in [0.2, 0.25) is 0 Å². The number of rotatable bonds is 3. The van der Waals surface area contributed by atoms with Gasteiger partial charge in [0.1, 0.15) is 6.10 Å². The number of halogens is 3. The van der Waals surface area contributed by atoms with Gasteiger partial charge in [0.25, 0.3) is 0 Å². The van der Waals surface area contributed by atoms with E-state index < -0.39 is 17.8 Å². The zero-order valence-corrected chi connectivity index (χ0v) is 11.9. The SMILES string of the molecule is O=C(O[C@@H]1CCOC1)c1cccc(-n2ccc(C(F)(F)F)n2)c1. The highest BCUT2D eigenvalue weighted by Crippen LogP contribution is 2.28. The molecule has 0 aliphatic carbocycles. The average Bonchev–Trinajstić information content (AvgIpc) is 3.18. The molecule has 2 heterocycles. The van der Waals surface area contributed by atoms with Crippen LogP contribution in [0.2, 0.25) is 0 Å². The van der Waals surface area contributed by atoms with Crippen LogP contribution in [0.15, 0.2) is 36.5 Å². The van der Waals surface area contributed by atoms with Crippen LogP contribution in [0.3, 0.4) is 0 Å². The van der Waals surface area contributed by atoms with Gasteiger partial charge in [-0.15, -0.1) is 0 Å². The van der Waals surface area contributed by atoms with E-state index in [2.05, 4.69) is 5.10 Å². The summed E-state index contributed by atoms with van der Waals surface area (Å²) in [5.41, 5.74) is -0.398. The molecule has 1 aliphatic heterocycles. The fraction of sp³-hybridized carbons (Fsp3) is 0.333. The molecule has 1 fully saturated rings. The molecule has 0 bridgehead atoms.